The zero-order valence-corrected chi connectivity index (χ0v) is 21.3. The molecule has 190 valence electrons. The number of methoxy groups -OCH3 is 2. The van der Waals surface area contributed by atoms with Gasteiger partial charge in [0.05, 0.1) is 14.2 Å². The summed E-state index contributed by atoms with van der Waals surface area (Å²) in [6, 6.07) is 19.4. The molecule has 2 aromatic heterocycles. The van der Waals surface area contributed by atoms with E-state index in [4.69, 9.17) is 19.6 Å². The second kappa shape index (κ2) is 10.7. The summed E-state index contributed by atoms with van der Waals surface area (Å²) < 4.78 is 12.5. The number of hydrogen-bond donors (Lipinski definition) is 0. The van der Waals surface area contributed by atoms with Gasteiger partial charge in [0.15, 0.2) is 23.1 Å². The lowest BCUT2D eigenvalue weighted by molar-refractivity contribution is -0.132. The van der Waals surface area contributed by atoms with Gasteiger partial charge in [0, 0.05) is 43.5 Å². The number of piperazine rings is 1. The molecule has 0 radical (unpaired) electrons. The summed E-state index contributed by atoms with van der Waals surface area (Å²) in [5.41, 5.74) is 2.80. The third-order valence-electron chi connectivity index (χ3n) is 6.48. The highest BCUT2D eigenvalue weighted by atomic mass is 16.5. The molecule has 1 fully saturated rings. The Balaban J connectivity index is 1.36. The molecule has 0 spiro atoms. The van der Waals surface area contributed by atoms with Gasteiger partial charge in [-0.15, -0.1) is 5.10 Å². The van der Waals surface area contributed by atoms with Crippen LogP contribution in [0.15, 0.2) is 66.9 Å². The van der Waals surface area contributed by atoms with Crippen molar-refractivity contribution in [1.29, 1.82) is 0 Å². The van der Waals surface area contributed by atoms with Crippen molar-refractivity contribution in [3.63, 3.8) is 0 Å². The first kappa shape index (κ1) is 24.3. The fraction of sp³-hybridized carbons (Fsp3) is 0.286. The molecule has 2 aromatic carbocycles. The van der Waals surface area contributed by atoms with Crippen molar-refractivity contribution in [1.82, 2.24) is 24.6 Å². The molecule has 9 nitrogen and oxygen atoms in total. The molecular formula is C28H30N6O3. The van der Waals surface area contributed by atoms with Gasteiger partial charge in [-0.05, 0) is 36.8 Å². The number of amides is 1. The van der Waals surface area contributed by atoms with E-state index in [1.54, 1.807) is 18.9 Å². The van der Waals surface area contributed by atoms with E-state index in [0.29, 0.717) is 36.2 Å². The number of pyridine rings is 1. The number of carbonyl (C=O) groups excluding carboxylic acids is 1. The van der Waals surface area contributed by atoms with Crippen molar-refractivity contribution in [2.75, 3.05) is 45.3 Å². The molecule has 0 atom stereocenters. The highest BCUT2D eigenvalue weighted by molar-refractivity contribution is 5.77. The Morgan fingerprint density at radius 2 is 1.65 bits per heavy atom. The van der Waals surface area contributed by atoms with E-state index in [1.165, 1.54) is 0 Å². The van der Waals surface area contributed by atoms with Gasteiger partial charge in [-0.3, -0.25) is 4.79 Å². The number of rotatable bonds is 7. The summed E-state index contributed by atoms with van der Waals surface area (Å²) >= 11 is 0. The third kappa shape index (κ3) is 5.25. The van der Waals surface area contributed by atoms with Crippen LogP contribution in [0.2, 0.25) is 0 Å². The number of nitrogens with zero attached hydrogens (tertiary/aromatic N) is 6. The first-order valence-corrected chi connectivity index (χ1v) is 12.2. The lowest BCUT2D eigenvalue weighted by atomic mass is 10.2. The van der Waals surface area contributed by atoms with Crippen LogP contribution >= 0.6 is 0 Å². The number of aryl methyl sites for hydroxylation is 1. The van der Waals surface area contributed by atoms with Crippen molar-refractivity contribution in [2.24, 2.45) is 0 Å². The molecule has 0 unspecified atom stereocenters. The summed E-state index contributed by atoms with van der Waals surface area (Å²) in [4.78, 5) is 26.8. The molecule has 1 aliphatic heterocycles. The van der Waals surface area contributed by atoms with Crippen LogP contribution in [0, 0.1) is 6.92 Å². The second-order valence-corrected chi connectivity index (χ2v) is 8.91. The summed E-state index contributed by atoms with van der Waals surface area (Å²) in [6.07, 6.45) is 1.87. The van der Waals surface area contributed by atoms with Crippen molar-refractivity contribution in [2.45, 2.75) is 13.5 Å². The zero-order valence-electron chi connectivity index (χ0n) is 21.3. The summed E-state index contributed by atoms with van der Waals surface area (Å²) in [5.74, 6) is 3.33. The van der Waals surface area contributed by atoms with Gasteiger partial charge in [0.2, 0.25) is 5.91 Å². The third-order valence-corrected chi connectivity index (χ3v) is 6.48. The molecule has 1 saturated heterocycles. The van der Waals surface area contributed by atoms with Crippen molar-refractivity contribution in [3.05, 3.63) is 72.4 Å². The highest BCUT2D eigenvalue weighted by Crippen LogP contribution is 2.32. The Morgan fingerprint density at radius 1 is 0.892 bits per heavy atom. The summed E-state index contributed by atoms with van der Waals surface area (Å²) in [5, 5.41) is 4.73. The van der Waals surface area contributed by atoms with Crippen molar-refractivity contribution in [3.8, 4) is 34.3 Å². The van der Waals surface area contributed by atoms with Crippen LogP contribution in [0.5, 0.6) is 11.5 Å². The average molecular weight is 499 g/mol. The molecule has 0 N–H and O–H groups in total. The fourth-order valence-corrected chi connectivity index (χ4v) is 4.41. The van der Waals surface area contributed by atoms with Crippen molar-refractivity contribution < 1.29 is 14.3 Å². The van der Waals surface area contributed by atoms with Gasteiger partial charge in [0.25, 0.3) is 0 Å². The first-order chi connectivity index (χ1) is 18.1. The topological polar surface area (TPSA) is 85.6 Å². The number of anilines is 1. The SMILES string of the molecule is COc1ccc(-c2nc(-c3ccccc3)n(CC(=O)N3CCN(c4ccc(C)cn4)CC3)n2)cc1OC. The Labute approximate surface area is 216 Å². The van der Waals surface area contributed by atoms with Crippen LogP contribution in [0.3, 0.4) is 0 Å². The van der Waals surface area contributed by atoms with E-state index in [-0.39, 0.29) is 12.5 Å². The van der Waals surface area contributed by atoms with Crippen LogP contribution in [0.1, 0.15) is 5.56 Å². The number of ether oxygens (including phenoxy) is 2. The minimum absolute atomic E-state index is 0.0115. The predicted molar refractivity (Wildman–Crippen MR) is 142 cm³/mol. The molecule has 5 rings (SSSR count). The maximum Gasteiger partial charge on any atom is 0.244 e. The van der Waals surface area contributed by atoms with E-state index in [1.807, 2.05) is 72.6 Å². The standard InChI is InChI=1S/C28H30N6O3/c1-20-9-12-25(29-18-20)32-13-15-33(16-14-32)26(35)19-34-28(21-7-5-4-6-8-21)30-27(31-34)22-10-11-23(36-2)24(17-22)37-3/h4-12,17-18H,13-16,19H2,1-3H3. The molecule has 0 bridgehead atoms. The second-order valence-electron chi connectivity index (χ2n) is 8.91. The number of carbonyl (C=O) groups is 1. The fourth-order valence-electron chi connectivity index (χ4n) is 4.41. The summed E-state index contributed by atoms with van der Waals surface area (Å²) in [7, 11) is 3.19. The van der Waals surface area contributed by atoms with Gasteiger partial charge in [-0.1, -0.05) is 36.4 Å². The van der Waals surface area contributed by atoms with E-state index >= 15 is 0 Å². The zero-order chi connectivity index (χ0) is 25.8. The van der Waals surface area contributed by atoms with Crippen LogP contribution in [0.25, 0.3) is 22.8 Å². The maximum absolute atomic E-state index is 13.3. The van der Waals surface area contributed by atoms with E-state index in [9.17, 15) is 4.79 Å². The molecule has 9 heteroatoms. The Bertz CT molecular complexity index is 1360. The van der Waals surface area contributed by atoms with E-state index < -0.39 is 0 Å². The molecule has 0 saturated carbocycles. The van der Waals surface area contributed by atoms with Gasteiger partial charge in [0.1, 0.15) is 12.4 Å². The monoisotopic (exact) mass is 498 g/mol. The Kier molecular flexibility index (Phi) is 7.02. The van der Waals surface area contributed by atoms with Gasteiger partial charge in [-0.25, -0.2) is 14.6 Å². The van der Waals surface area contributed by atoms with Gasteiger partial charge in [-0.2, -0.15) is 0 Å². The first-order valence-electron chi connectivity index (χ1n) is 12.2. The molecule has 1 amide bonds. The van der Waals surface area contributed by atoms with Gasteiger partial charge >= 0.3 is 0 Å². The summed E-state index contributed by atoms with van der Waals surface area (Å²) in [6.45, 7) is 4.87. The van der Waals surface area contributed by atoms with Crippen LogP contribution in [-0.2, 0) is 11.3 Å². The minimum atomic E-state index is 0.0115. The Hall–Kier alpha value is -4.40. The molecule has 3 heterocycles. The average Bonchev–Trinajstić information content (AvgIpc) is 3.37. The van der Waals surface area contributed by atoms with Crippen molar-refractivity contribution >= 4 is 11.7 Å². The van der Waals surface area contributed by atoms with Crippen LogP contribution in [-0.4, -0.2) is 71.0 Å². The minimum Gasteiger partial charge on any atom is -0.493 e. The predicted octanol–water partition coefficient (Wildman–Crippen LogP) is 3.68. The molecular weight excluding hydrogens is 468 g/mol. The van der Waals surface area contributed by atoms with E-state index in [0.717, 1.165) is 35.6 Å². The van der Waals surface area contributed by atoms with Crippen LogP contribution < -0.4 is 14.4 Å². The lowest BCUT2D eigenvalue weighted by Crippen LogP contribution is -2.50. The quantitative estimate of drug-likeness (QED) is 0.384. The molecule has 0 aliphatic carbocycles. The number of aromatic nitrogens is 4. The van der Waals surface area contributed by atoms with Crippen LogP contribution in [0.4, 0.5) is 5.82 Å². The maximum atomic E-state index is 13.3. The normalized spacial score (nSPS) is 13.5. The number of benzene rings is 2. The van der Waals surface area contributed by atoms with E-state index in [2.05, 4.69) is 16.0 Å². The highest BCUT2D eigenvalue weighted by Gasteiger charge is 2.24. The smallest absolute Gasteiger partial charge is 0.244 e. The number of hydrogen-bond acceptors (Lipinski definition) is 7. The molecule has 37 heavy (non-hydrogen) atoms. The Morgan fingerprint density at radius 3 is 2.32 bits per heavy atom. The molecule has 1 aliphatic rings. The molecule has 4 aromatic rings. The van der Waals surface area contributed by atoms with Gasteiger partial charge < -0.3 is 19.3 Å². The largest absolute Gasteiger partial charge is 0.493 e. The lowest BCUT2D eigenvalue weighted by Gasteiger charge is -2.35.